The van der Waals surface area contributed by atoms with Crippen LogP contribution < -0.4 is 9.47 Å². The molecule has 30 heavy (non-hydrogen) atoms. The Balaban J connectivity index is 1.67. The quantitative estimate of drug-likeness (QED) is 0.553. The molecule has 2 heterocycles. The molecular weight excluding hydrogens is 405 g/mol. The van der Waals surface area contributed by atoms with Gasteiger partial charge in [0.25, 0.3) is 5.91 Å². The van der Waals surface area contributed by atoms with Gasteiger partial charge in [0, 0.05) is 24.3 Å². The fourth-order valence-corrected chi connectivity index (χ4v) is 3.97. The molecule has 1 aromatic heterocycles. The molecule has 2 aromatic carbocycles. The number of fused-ring (bicyclic) bond motifs is 1. The minimum Gasteiger partial charge on any atom is -0.486 e. The number of imidazole rings is 1. The highest BCUT2D eigenvalue weighted by Crippen LogP contribution is 2.34. The van der Waals surface area contributed by atoms with Gasteiger partial charge in [-0.2, -0.15) is 0 Å². The molecule has 6 nitrogen and oxygen atoms in total. The van der Waals surface area contributed by atoms with Crippen molar-refractivity contribution in [1.29, 1.82) is 0 Å². The third-order valence-electron chi connectivity index (χ3n) is 4.89. The van der Waals surface area contributed by atoms with E-state index in [-0.39, 0.29) is 11.7 Å². The summed E-state index contributed by atoms with van der Waals surface area (Å²) in [7, 11) is 0. The van der Waals surface area contributed by atoms with Gasteiger partial charge in [-0.3, -0.25) is 9.36 Å². The van der Waals surface area contributed by atoms with Gasteiger partial charge in [0.05, 0.1) is 6.20 Å². The van der Waals surface area contributed by atoms with Crippen molar-refractivity contribution in [2.24, 2.45) is 0 Å². The maximum atomic E-state index is 13.4. The topological polar surface area (TPSA) is 56.6 Å². The Morgan fingerprint density at radius 2 is 1.97 bits per heavy atom. The van der Waals surface area contributed by atoms with Crippen molar-refractivity contribution in [3.8, 4) is 17.2 Å². The first-order valence-corrected chi connectivity index (χ1v) is 10.9. The second kappa shape index (κ2) is 8.79. The van der Waals surface area contributed by atoms with Crippen molar-refractivity contribution >= 4 is 17.7 Å². The lowest BCUT2D eigenvalue weighted by molar-refractivity contribution is 0.0740. The van der Waals surface area contributed by atoms with Gasteiger partial charge < -0.3 is 14.4 Å². The van der Waals surface area contributed by atoms with E-state index in [4.69, 9.17) is 9.47 Å². The molecule has 0 N–H and O–H groups in total. The Kier molecular flexibility index (Phi) is 5.94. The molecule has 1 aliphatic heterocycles. The van der Waals surface area contributed by atoms with Crippen molar-refractivity contribution in [1.82, 2.24) is 14.5 Å². The number of hydrogen-bond donors (Lipinski definition) is 0. The highest BCUT2D eigenvalue weighted by Gasteiger charge is 2.24. The van der Waals surface area contributed by atoms with Crippen molar-refractivity contribution in [2.45, 2.75) is 18.6 Å². The number of carbonyl (C=O) groups excluding carboxylic acids is 1. The van der Waals surface area contributed by atoms with E-state index >= 15 is 0 Å². The first-order chi connectivity index (χ1) is 14.6. The lowest BCUT2D eigenvalue weighted by Gasteiger charge is -2.25. The van der Waals surface area contributed by atoms with Crippen molar-refractivity contribution in [3.63, 3.8) is 0 Å². The van der Waals surface area contributed by atoms with Crippen LogP contribution in [0.3, 0.4) is 0 Å². The molecule has 8 heteroatoms. The zero-order valence-corrected chi connectivity index (χ0v) is 17.6. The van der Waals surface area contributed by atoms with E-state index in [2.05, 4.69) is 4.98 Å². The predicted octanol–water partition coefficient (Wildman–Crippen LogP) is 4.17. The largest absolute Gasteiger partial charge is 0.486 e. The van der Waals surface area contributed by atoms with Crippen LogP contribution in [0.15, 0.2) is 53.8 Å². The normalized spacial score (nSPS) is 12.6. The average molecular weight is 428 g/mol. The monoisotopic (exact) mass is 427 g/mol. The summed E-state index contributed by atoms with van der Waals surface area (Å²) in [5.41, 5.74) is 2.00. The van der Waals surface area contributed by atoms with Gasteiger partial charge >= 0.3 is 0 Å². The number of halogens is 1. The molecule has 0 saturated carbocycles. The molecule has 0 bridgehead atoms. The molecule has 0 fully saturated rings. The Morgan fingerprint density at radius 1 is 1.20 bits per heavy atom. The molecular formula is C22H22FN3O3S. The second-order valence-electron chi connectivity index (χ2n) is 6.70. The van der Waals surface area contributed by atoms with Crippen LogP contribution in [0.4, 0.5) is 4.39 Å². The summed E-state index contributed by atoms with van der Waals surface area (Å²) in [6.07, 6.45) is 3.46. The lowest BCUT2D eigenvalue weighted by Crippen LogP contribution is -2.32. The number of para-hydroxylation sites is 1. The van der Waals surface area contributed by atoms with Crippen LogP contribution in [0.2, 0.25) is 0 Å². The van der Waals surface area contributed by atoms with Gasteiger partial charge in [0.2, 0.25) is 0 Å². The van der Waals surface area contributed by atoms with Crippen LogP contribution in [0.25, 0.3) is 5.69 Å². The van der Waals surface area contributed by atoms with Gasteiger partial charge in [-0.15, -0.1) is 0 Å². The third kappa shape index (κ3) is 3.87. The number of benzene rings is 2. The third-order valence-corrected chi connectivity index (χ3v) is 5.55. The van der Waals surface area contributed by atoms with Gasteiger partial charge in [-0.05, 0) is 43.5 Å². The van der Waals surface area contributed by atoms with E-state index in [9.17, 15) is 9.18 Å². The number of amides is 1. The molecule has 0 spiro atoms. The first kappa shape index (κ1) is 20.3. The van der Waals surface area contributed by atoms with Gasteiger partial charge in [0.15, 0.2) is 16.7 Å². The van der Waals surface area contributed by atoms with Crippen molar-refractivity contribution < 1.29 is 18.7 Å². The fraction of sp³-hybridized carbons (Fsp3) is 0.273. The molecule has 0 saturated heterocycles. The van der Waals surface area contributed by atoms with E-state index in [1.54, 1.807) is 27.8 Å². The smallest absolute Gasteiger partial charge is 0.272 e. The number of aromatic nitrogens is 2. The minimum absolute atomic E-state index is 0.163. The summed E-state index contributed by atoms with van der Waals surface area (Å²) < 4.78 is 26.6. The summed E-state index contributed by atoms with van der Waals surface area (Å²) in [4.78, 5) is 19.6. The van der Waals surface area contributed by atoms with E-state index in [0.29, 0.717) is 54.3 Å². The van der Waals surface area contributed by atoms with E-state index in [0.717, 1.165) is 5.56 Å². The number of hydrogen-bond acceptors (Lipinski definition) is 5. The number of nitrogens with zero attached hydrogens (tertiary/aromatic N) is 3. The summed E-state index contributed by atoms with van der Waals surface area (Å²) in [6, 6.07) is 11.7. The molecule has 1 amide bonds. The molecule has 0 unspecified atom stereocenters. The molecule has 0 atom stereocenters. The van der Waals surface area contributed by atoms with Gasteiger partial charge in [-0.1, -0.05) is 23.9 Å². The van der Waals surface area contributed by atoms with Crippen molar-refractivity contribution in [3.05, 3.63) is 65.7 Å². The number of ether oxygens (including phenoxy) is 2. The maximum Gasteiger partial charge on any atom is 0.272 e. The number of rotatable bonds is 6. The number of carbonyl (C=O) groups is 1. The minimum atomic E-state index is -0.330. The van der Waals surface area contributed by atoms with Crippen LogP contribution in [0.1, 0.15) is 23.0 Å². The Labute approximate surface area is 178 Å². The summed E-state index contributed by atoms with van der Waals surface area (Å²) in [5.74, 6) is 0.891. The maximum absolute atomic E-state index is 13.4. The Bertz CT molecular complexity index is 1050. The average Bonchev–Trinajstić information content (AvgIpc) is 3.21. The summed E-state index contributed by atoms with van der Waals surface area (Å²) in [5, 5.41) is 0.662. The van der Waals surface area contributed by atoms with Gasteiger partial charge in [-0.25, -0.2) is 9.37 Å². The second-order valence-corrected chi connectivity index (χ2v) is 7.48. The molecule has 0 aliphatic carbocycles. The summed E-state index contributed by atoms with van der Waals surface area (Å²) >= 11 is 1.43. The van der Waals surface area contributed by atoms with Crippen LogP contribution in [-0.2, 0) is 6.54 Å². The molecule has 0 radical (unpaired) electrons. The Hall–Kier alpha value is -3.00. The van der Waals surface area contributed by atoms with E-state index in [1.807, 2.05) is 31.4 Å². The van der Waals surface area contributed by atoms with Crippen LogP contribution in [-0.4, -0.2) is 46.4 Å². The molecule has 4 rings (SSSR count). The van der Waals surface area contributed by atoms with Crippen LogP contribution >= 0.6 is 11.8 Å². The molecule has 3 aromatic rings. The standard InChI is InChI=1S/C22H22FN3O3S/c1-3-25(14-15-5-4-6-19-20(15)29-12-11-28-19)21(27)18-13-24-22(30-2)26(18)17-9-7-16(23)8-10-17/h4-10,13H,3,11-12,14H2,1-2H3. The Morgan fingerprint density at radius 3 is 2.70 bits per heavy atom. The SMILES string of the molecule is CCN(Cc1cccc2c1OCCO2)C(=O)c1cnc(SC)n1-c1ccc(F)cc1. The van der Waals surface area contributed by atoms with Gasteiger partial charge in [0.1, 0.15) is 24.7 Å². The number of thioether (sulfide) groups is 1. The van der Waals surface area contributed by atoms with E-state index in [1.165, 1.54) is 23.9 Å². The molecule has 156 valence electrons. The van der Waals surface area contributed by atoms with Crippen molar-refractivity contribution in [2.75, 3.05) is 26.0 Å². The fourth-order valence-electron chi connectivity index (χ4n) is 3.42. The highest BCUT2D eigenvalue weighted by molar-refractivity contribution is 7.98. The summed E-state index contributed by atoms with van der Waals surface area (Å²) in [6.45, 7) is 3.82. The predicted molar refractivity (Wildman–Crippen MR) is 113 cm³/mol. The first-order valence-electron chi connectivity index (χ1n) is 9.66. The van der Waals surface area contributed by atoms with Crippen LogP contribution in [0.5, 0.6) is 11.5 Å². The molecule has 1 aliphatic rings. The highest BCUT2D eigenvalue weighted by atomic mass is 32.2. The van der Waals surface area contributed by atoms with E-state index < -0.39 is 0 Å². The zero-order valence-electron chi connectivity index (χ0n) is 16.8. The van der Waals surface area contributed by atoms with Crippen LogP contribution in [0, 0.1) is 5.82 Å². The lowest BCUT2D eigenvalue weighted by atomic mass is 10.1. The zero-order chi connectivity index (χ0) is 21.1.